The molecular weight excluding hydrogens is 571 g/mol. The predicted molar refractivity (Wildman–Crippen MR) is 163 cm³/mol. The van der Waals surface area contributed by atoms with Crippen molar-refractivity contribution in [2.24, 2.45) is 0 Å². The van der Waals surface area contributed by atoms with Crippen molar-refractivity contribution in [3.05, 3.63) is 113 Å². The van der Waals surface area contributed by atoms with E-state index in [0.717, 1.165) is 16.9 Å². The number of anilines is 1. The standard InChI is InChI=1S/C32H27N3O5S2/c1-3-14-39-24-11-7-10-21(17-24)27-26(28(36)22-12-13-25-23(16-22)15-19(2)40-25)29(37)30(38)35(27)31-33-34-32(42-31)41-18-20-8-5-4-6-9-20/h3-13,16-17,19,27,36H,1,14-15,18H2,2H3/b28-26+/t19-,27+/m1/s1. The zero-order chi connectivity index (χ0) is 29.2. The van der Waals surface area contributed by atoms with E-state index in [0.29, 0.717) is 33.4 Å². The molecule has 1 saturated heterocycles. The van der Waals surface area contributed by atoms with Gasteiger partial charge in [0.15, 0.2) is 4.34 Å². The second-order valence-electron chi connectivity index (χ2n) is 9.92. The number of thioether (sulfide) groups is 1. The molecule has 2 aliphatic rings. The molecule has 0 unspecified atom stereocenters. The van der Waals surface area contributed by atoms with Gasteiger partial charge in [0.25, 0.3) is 5.78 Å². The van der Waals surface area contributed by atoms with Gasteiger partial charge in [-0.15, -0.1) is 10.2 Å². The van der Waals surface area contributed by atoms with Crippen LogP contribution in [0.25, 0.3) is 5.76 Å². The summed E-state index contributed by atoms with van der Waals surface area (Å²) in [5, 5.41) is 20.4. The second-order valence-corrected chi connectivity index (χ2v) is 12.1. The van der Waals surface area contributed by atoms with Gasteiger partial charge in [0.1, 0.15) is 30.0 Å². The van der Waals surface area contributed by atoms with E-state index in [9.17, 15) is 14.7 Å². The fraction of sp³-hybridized carbons (Fsp3) is 0.188. The monoisotopic (exact) mass is 597 g/mol. The molecule has 212 valence electrons. The van der Waals surface area contributed by atoms with Gasteiger partial charge in [-0.05, 0) is 53.9 Å². The van der Waals surface area contributed by atoms with Crippen LogP contribution in [0.4, 0.5) is 5.13 Å². The van der Waals surface area contributed by atoms with E-state index in [1.807, 2.05) is 43.3 Å². The first-order valence-electron chi connectivity index (χ1n) is 13.4. The fourth-order valence-corrected chi connectivity index (χ4v) is 6.90. The van der Waals surface area contributed by atoms with E-state index in [1.165, 1.54) is 28.0 Å². The molecule has 0 saturated carbocycles. The van der Waals surface area contributed by atoms with Crippen LogP contribution >= 0.6 is 23.1 Å². The smallest absolute Gasteiger partial charge is 0.301 e. The molecule has 1 N–H and O–H groups in total. The molecule has 3 aromatic carbocycles. The number of hydrogen-bond acceptors (Lipinski definition) is 9. The Bertz CT molecular complexity index is 1700. The third-order valence-corrected chi connectivity index (χ3v) is 9.09. The average Bonchev–Trinajstić information content (AvgIpc) is 3.70. The van der Waals surface area contributed by atoms with Crippen LogP contribution < -0.4 is 14.4 Å². The summed E-state index contributed by atoms with van der Waals surface area (Å²) in [7, 11) is 0. The van der Waals surface area contributed by atoms with Crippen LogP contribution in [0.1, 0.15) is 35.2 Å². The highest BCUT2D eigenvalue weighted by Gasteiger charge is 2.48. The van der Waals surface area contributed by atoms with Gasteiger partial charge >= 0.3 is 5.91 Å². The van der Waals surface area contributed by atoms with Crippen LogP contribution in [0.2, 0.25) is 0 Å². The number of rotatable bonds is 9. The van der Waals surface area contributed by atoms with Gasteiger partial charge in [-0.25, -0.2) is 0 Å². The molecule has 1 amide bonds. The summed E-state index contributed by atoms with van der Waals surface area (Å²) in [4.78, 5) is 28.6. The number of aliphatic hydroxyl groups excluding tert-OH is 1. The highest BCUT2D eigenvalue weighted by atomic mass is 32.2. The van der Waals surface area contributed by atoms with Crippen molar-refractivity contribution in [1.82, 2.24) is 10.2 Å². The second kappa shape index (κ2) is 11.8. The molecule has 1 fully saturated rings. The third-order valence-electron chi connectivity index (χ3n) is 6.96. The summed E-state index contributed by atoms with van der Waals surface area (Å²) in [6, 6.07) is 21.4. The molecule has 2 atom stereocenters. The first-order chi connectivity index (χ1) is 20.4. The van der Waals surface area contributed by atoms with E-state index in [1.54, 1.807) is 42.5 Å². The summed E-state index contributed by atoms with van der Waals surface area (Å²) in [5.41, 5.74) is 3.06. The Morgan fingerprint density at radius 2 is 1.98 bits per heavy atom. The van der Waals surface area contributed by atoms with Crippen LogP contribution in [0.3, 0.4) is 0 Å². The Morgan fingerprint density at radius 3 is 2.79 bits per heavy atom. The number of benzene rings is 3. The normalized spacial score (nSPS) is 19.0. The number of hydrogen-bond donors (Lipinski definition) is 1. The number of carbonyl (C=O) groups is 2. The molecular formula is C32H27N3O5S2. The molecule has 2 aliphatic heterocycles. The Labute approximate surface area is 251 Å². The quantitative estimate of drug-likeness (QED) is 0.0595. The number of Topliss-reactive ketones (excluding diaryl/α,β-unsaturated/α-hetero) is 1. The molecule has 10 heteroatoms. The maximum absolute atomic E-state index is 13.6. The molecule has 42 heavy (non-hydrogen) atoms. The first-order valence-corrected chi connectivity index (χ1v) is 15.2. The van der Waals surface area contributed by atoms with Gasteiger partial charge in [-0.3, -0.25) is 14.5 Å². The number of nitrogens with zero attached hydrogens (tertiary/aromatic N) is 3. The summed E-state index contributed by atoms with van der Waals surface area (Å²) in [5.74, 6) is 0.127. The minimum Gasteiger partial charge on any atom is -0.507 e. The highest BCUT2D eigenvalue weighted by Crippen LogP contribution is 2.45. The summed E-state index contributed by atoms with van der Waals surface area (Å²) in [6.45, 7) is 5.96. The number of fused-ring (bicyclic) bond motifs is 1. The molecule has 0 aliphatic carbocycles. The largest absolute Gasteiger partial charge is 0.507 e. The van der Waals surface area contributed by atoms with Crippen molar-refractivity contribution < 1.29 is 24.2 Å². The Balaban J connectivity index is 1.41. The van der Waals surface area contributed by atoms with Crippen molar-refractivity contribution in [2.75, 3.05) is 11.5 Å². The lowest BCUT2D eigenvalue weighted by molar-refractivity contribution is -0.132. The number of amides is 1. The van der Waals surface area contributed by atoms with E-state index < -0.39 is 17.7 Å². The summed E-state index contributed by atoms with van der Waals surface area (Å²) in [6.07, 6.45) is 2.34. The van der Waals surface area contributed by atoms with E-state index in [4.69, 9.17) is 9.47 Å². The SMILES string of the molecule is C=CCOc1cccc([C@H]2/C(=C(\O)c3ccc4c(c3)C[C@@H](C)O4)C(=O)C(=O)N2c2nnc(SCc3ccccc3)s2)c1. The summed E-state index contributed by atoms with van der Waals surface area (Å²) >= 11 is 2.72. The number of aliphatic hydroxyl groups is 1. The molecule has 1 aromatic heterocycles. The van der Waals surface area contributed by atoms with Gasteiger partial charge in [0.05, 0.1) is 11.6 Å². The zero-order valence-corrected chi connectivity index (χ0v) is 24.4. The number of aromatic nitrogens is 2. The van der Waals surface area contributed by atoms with Gasteiger partial charge in [-0.2, -0.15) is 0 Å². The van der Waals surface area contributed by atoms with E-state index in [2.05, 4.69) is 16.8 Å². The molecule has 0 spiro atoms. The predicted octanol–water partition coefficient (Wildman–Crippen LogP) is 6.34. The highest BCUT2D eigenvalue weighted by molar-refractivity contribution is 8.00. The fourth-order valence-electron chi connectivity index (χ4n) is 5.08. The van der Waals surface area contributed by atoms with Crippen LogP contribution in [0, 0.1) is 0 Å². The lowest BCUT2D eigenvalue weighted by atomic mass is 9.94. The van der Waals surface area contributed by atoms with E-state index >= 15 is 0 Å². The lowest BCUT2D eigenvalue weighted by Crippen LogP contribution is -2.29. The van der Waals surface area contributed by atoms with Crippen LogP contribution in [-0.2, 0) is 21.8 Å². The van der Waals surface area contributed by atoms with Gasteiger partial charge in [0, 0.05) is 17.7 Å². The maximum atomic E-state index is 13.6. The Kier molecular flexibility index (Phi) is 7.82. The van der Waals surface area contributed by atoms with Crippen molar-refractivity contribution in [2.45, 2.75) is 35.6 Å². The first kappa shape index (κ1) is 27.7. The molecule has 8 nitrogen and oxygen atoms in total. The zero-order valence-electron chi connectivity index (χ0n) is 22.7. The molecule has 0 bridgehead atoms. The number of ether oxygens (including phenoxy) is 2. The number of carbonyl (C=O) groups excluding carboxylic acids is 2. The van der Waals surface area contributed by atoms with Crippen LogP contribution in [0.5, 0.6) is 11.5 Å². The van der Waals surface area contributed by atoms with E-state index in [-0.39, 0.29) is 29.2 Å². The molecule has 6 rings (SSSR count). The minimum atomic E-state index is -0.944. The van der Waals surface area contributed by atoms with Crippen molar-refractivity contribution in [1.29, 1.82) is 0 Å². The van der Waals surface area contributed by atoms with Gasteiger partial charge < -0.3 is 14.6 Å². The third kappa shape index (κ3) is 5.43. The average molecular weight is 598 g/mol. The number of ketones is 1. The van der Waals surface area contributed by atoms with Gasteiger partial charge in [-0.1, -0.05) is 78.2 Å². The Hall–Kier alpha value is -4.41. The lowest BCUT2D eigenvalue weighted by Gasteiger charge is -2.23. The molecule has 4 aromatic rings. The van der Waals surface area contributed by atoms with Crippen molar-refractivity contribution in [3.63, 3.8) is 0 Å². The maximum Gasteiger partial charge on any atom is 0.301 e. The Morgan fingerprint density at radius 1 is 1.14 bits per heavy atom. The molecule has 0 radical (unpaired) electrons. The minimum absolute atomic E-state index is 0.0210. The van der Waals surface area contributed by atoms with Crippen molar-refractivity contribution in [3.8, 4) is 11.5 Å². The van der Waals surface area contributed by atoms with Crippen LogP contribution in [0.15, 0.2) is 95.4 Å². The van der Waals surface area contributed by atoms with Gasteiger partial charge in [0.2, 0.25) is 5.13 Å². The van der Waals surface area contributed by atoms with Crippen LogP contribution in [-0.4, -0.2) is 39.7 Å². The summed E-state index contributed by atoms with van der Waals surface area (Å²) < 4.78 is 12.2. The molecule has 3 heterocycles. The topological polar surface area (TPSA) is 102 Å². The van der Waals surface area contributed by atoms with Crippen molar-refractivity contribution >= 4 is 45.7 Å².